The lowest BCUT2D eigenvalue weighted by molar-refractivity contribution is -0.137. The summed E-state index contributed by atoms with van der Waals surface area (Å²) in [5, 5.41) is 2.55. The van der Waals surface area contributed by atoms with E-state index in [-0.39, 0.29) is 23.6 Å². The Balaban J connectivity index is 1.49. The Labute approximate surface area is 209 Å². The predicted octanol–water partition coefficient (Wildman–Crippen LogP) is 4.11. The normalized spacial score (nSPS) is 20.6. The molecular weight excluding hydrogens is 519 g/mol. The molecule has 1 aliphatic heterocycles. The average molecular weight is 541 g/mol. The minimum atomic E-state index is -4.52. The minimum Gasteiger partial charge on any atom is -0.349 e. The fourth-order valence-electron chi connectivity index (χ4n) is 4.06. The molecule has 13 heteroatoms. The Bertz CT molecular complexity index is 1380. The van der Waals surface area contributed by atoms with Gasteiger partial charge in [0.15, 0.2) is 0 Å². The fourth-order valence-corrected chi connectivity index (χ4v) is 5.87. The standard InChI is InChI=1S/C24H21F5N4O3S/c1-14-20(26)11-22(33(14)37(35,36)19-5-3-17(25)4-6-19)23(34)32-13-18-10-15(8-9-30-18)21-7-2-16(12-31-21)24(27,28)29/h2-10,12,14,20,22H,11,13H2,1H3,(H,32,34). The van der Waals surface area contributed by atoms with Crippen LogP contribution in [0, 0.1) is 5.82 Å². The maximum absolute atomic E-state index is 14.6. The van der Waals surface area contributed by atoms with E-state index in [1.807, 2.05) is 0 Å². The molecule has 1 aromatic carbocycles. The first-order chi connectivity index (χ1) is 17.4. The monoisotopic (exact) mass is 540 g/mol. The number of alkyl halides is 4. The fraction of sp³-hybridized carbons (Fsp3) is 0.292. The van der Waals surface area contributed by atoms with Crippen LogP contribution in [0.5, 0.6) is 0 Å². The number of hydrogen-bond donors (Lipinski definition) is 1. The van der Waals surface area contributed by atoms with Crippen LogP contribution in [0.2, 0.25) is 0 Å². The van der Waals surface area contributed by atoms with Gasteiger partial charge in [0.25, 0.3) is 0 Å². The van der Waals surface area contributed by atoms with Gasteiger partial charge in [-0.1, -0.05) is 0 Å². The summed E-state index contributed by atoms with van der Waals surface area (Å²) in [7, 11) is -4.31. The maximum atomic E-state index is 14.6. The zero-order valence-electron chi connectivity index (χ0n) is 19.3. The Hall–Kier alpha value is -3.45. The third kappa shape index (κ3) is 5.62. The van der Waals surface area contributed by atoms with Gasteiger partial charge in [-0.25, -0.2) is 17.2 Å². The minimum absolute atomic E-state index is 0.153. The number of carbonyl (C=O) groups excluding carboxylic acids is 1. The van der Waals surface area contributed by atoms with Gasteiger partial charge in [0.1, 0.15) is 18.0 Å². The highest BCUT2D eigenvalue weighted by Gasteiger charge is 2.49. The van der Waals surface area contributed by atoms with Crippen molar-refractivity contribution in [1.29, 1.82) is 0 Å². The second-order valence-corrected chi connectivity index (χ2v) is 10.3. The lowest BCUT2D eigenvalue weighted by atomic mass is 10.1. The quantitative estimate of drug-likeness (QED) is 0.476. The lowest BCUT2D eigenvalue weighted by Gasteiger charge is -2.26. The number of hydrogen-bond acceptors (Lipinski definition) is 5. The molecule has 3 atom stereocenters. The van der Waals surface area contributed by atoms with E-state index in [0.29, 0.717) is 17.5 Å². The molecule has 1 fully saturated rings. The highest BCUT2D eigenvalue weighted by atomic mass is 32.2. The smallest absolute Gasteiger partial charge is 0.349 e. The Kier molecular flexibility index (Phi) is 7.29. The largest absolute Gasteiger partial charge is 0.417 e. The first-order valence-corrected chi connectivity index (χ1v) is 12.5. The van der Waals surface area contributed by atoms with Crippen molar-refractivity contribution in [2.24, 2.45) is 0 Å². The Morgan fingerprint density at radius 3 is 2.43 bits per heavy atom. The van der Waals surface area contributed by atoms with Crippen LogP contribution in [-0.2, 0) is 27.5 Å². The molecule has 3 aromatic rings. The molecule has 1 aliphatic rings. The molecule has 0 spiro atoms. The molecule has 0 saturated carbocycles. The first-order valence-electron chi connectivity index (χ1n) is 11.1. The van der Waals surface area contributed by atoms with Crippen molar-refractivity contribution in [3.8, 4) is 11.3 Å². The summed E-state index contributed by atoms with van der Waals surface area (Å²) in [5.41, 5.74) is 0.134. The van der Waals surface area contributed by atoms with Crippen LogP contribution in [0.4, 0.5) is 22.0 Å². The summed E-state index contributed by atoms with van der Waals surface area (Å²) in [4.78, 5) is 20.6. The molecule has 196 valence electrons. The van der Waals surface area contributed by atoms with Crippen LogP contribution in [0.15, 0.2) is 65.8 Å². The first kappa shape index (κ1) is 26.6. The molecule has 0 bridgehead atoms. The highest BCUT2D eigenvalue weighted by Crippen LogP contribution is 2.33. The van der Waals surface area contributed by atoms with Crippen molar-refractivity contribution in [2.75, 3.05) is 0 Å². The predicted molar refractivity (Wildman–Crippen MR) is 123 cm³/mol. The molecule has 7 nitrogen and oxygen atoms in total. The zero-order valence-corrected chi connectivity index (χ0v) is 20.1. The lowest BCUT2D eigenvalue weighted by Crippen LogP contribution is -2.48. The van der Waals surface area contributed by atoms with Crippen molar-refractivity contribution >= 4 is 15.9 Å². The van der Waals surface area contributed by atoms with Gasteiger partial charge in [-0.05, 0) is 55.5 Å². The van der Waals surface area contributed by atoms with Gasteiger partial charge >= 0.3 is 6.18 Å². The highest BCUT2D eigenvalue weighted by molar-refractivity contribution is 7.89. The van der Waals surface area contributed by atoms with E-state index >= 15 is 0 Å². The van der Waals surface area contributed by atoms with Crippen molar-refractivity contribution in [3.05, 3.63) is 78.0 Å². The van der Waals surface area contributed by atoms with Crippen molar-refractivity contribution < 1.29 is 35.2 Å². The molecular formula is C24H21F5N4O3S. The zero-order chi connectivity index (χ0) is 27.0. The van der Waals surface area contributed by atoms with E-state index in [4.69, 9.17) is 0 Å². The molecule has 0 aliphatic carbocycles. The van der Waals surface area contributed by atoms with Crippen LogP contribution in [-0.4, -0.2) is 46.9 Å². The van der Waals surface area contributed by atoms with Gasteiger partial charge in [-0.15, -0.1) is 0 Å². The Morgan fingerprint density at radius 2 is 1.81 bits per heavy atom. The second kappa shape index (κ2) is 10.1. The Morgan fingerprint density at radius 1 is 1.11 bits per heavy atom. The second-order valence-electron chi connectivity index (χ2n) is 8.48. The van der Waals surface area contributed by atoms with Crippen molar-refractivity contribution in [1.82, 2.24) is 19.6 Å². The number of benzene rings is 1. The summed E-state index contributed by atoms with van der Waals surface area (Å²) in [6.45, 7) is 1.20. The maximum Gasteiger partial charge on any atom is 0.417 e. The van der Waals surface area contributed by atoms with Crippen LogP contribution < -0.4 is 5.32 Å². The number of rotatable bonds is 6. The van der Waals surface area contributed by atoms with Gasteiger partial charge in [-0.2, -0.15) is 17.5 Å². The van der Waals surface area contributed by atoms with Gasteiger partial charge in [0.05, 0.1) is 34.4 Å². The number of nitrogens with zero attached hydrogens (tertiary/aromatic N) is 3. The summed E-state index contributed by atoms with van der Waals surface area (Å²) in [6.07, 6.45) is -4.39. The molecule has 1 amide bonds. The van der Waals surface area contributed by atoms with Crippen molar-refractivity contribution in [3.63, 3.8) is 0 Å². The molecule has 3 unspecified atom stereocenters. The SMILES string of the molecule is CC1C(F)CC(C(=O)NCc2cc(-c3ccc(C(F)(F)F)cn3)ccn2)N1S(=O)(=O)c1ccc(F)cc1. The van der Waals surface area contributed by atoms with E-state index in [0.717, 1.165) is 34.6 Å². The number of nitrogens with one attached hydrogen (secondary N) is 1. The van der Waals surface area contributed by atoms with Gasteiger partial charge in [0.2, 0.25) is 15.9 Å². The van der Waals surface area contributed by atoms with Gasteiger partial charge in [-0.3, -0.25) is 14.8 Å². The third-order valence-corrected chi connectivity index (χ3v) is 8.03. The summed E-state index contributed by atoms with van der Waals surface area (Å²) >= 11 is 0. The van der Waals surface area contributed by atoms with E-state index in [1.165, 1.54) is 31.3 Å². The molecule has 1 N–H and O–H groups in total. The third-order valence-electron chi connectivity index (χ3n) is 6.02. The molecule has 1 saturated heterocycles. The molecule has 37 heavy (non-hydrogen) atoms. The summed E-state index contributed by atoms with van der Waals surface area (Å²) in [5.74, 6) is -1.40. The molecule has 0 radical (unpaired) electrons. The van der Waals surface area contributed by atoms with Crippen molar-refractivity contribution in [2.45, 2.75) is 49.2 Å². The summed E-state index contributed by atoms with van der Waals surface area (Å²) < 4.78 is 93.3. The molecule has 2 aromatic heterocycles. The number of sulfonamides is 1. The number of amides is 1. The van der Waals surface area contributed by atoms with Gasteiger partial charge in [0, 0.05) is 24.4 Å². The molecule has 3 heterocycles. The summed E-state index contributed by atoms with van der Waals surface area (Å²) in [6, 6.07) is 6.68. The van der Waals surface area contributed by atoms with E-state index in [1.54, 1.807) is 0 Å². The topological polar surface area (TPSA) is 92.3 Å². The van der Waals surface area contributed by atoms with E-state index in [9.17, 15) is 35.2 Å². The van der Waals surface area contributed by atoms with E-state index in [2.05, 4.69) is 15.3 Å². The average Bonchev–Trinajstić information content (AvgIpc) is 3.17. The van der Waals surface area contributed by atoms with Crippen LogP contribution >= 0.6 is 0 Å². The number of halogens is 5. The number of pyridine rings is 2. The number of aromatic nitrogens is 2. The number of carbonyl (C=O) groups is 1. The molecule has 4 rings (SSSR count). The van der Waals surface area contributed by atoms with Crippen LogP contribution in [0.3, 0.4) is 0 Å². The van der Waals surface area contributed by atoms with Crippen LogP contribution in [0.25, 0.3) is 11.3 Å². The van der Waals surface area contributed by atoms with E-state index < -0.39 is 51.7 Å². The van der Waals surface area contributed by atoms with Crippen LogP contribution in [0.1, 0.15) is 24.6 Å². The van der Waals surface area contributed by atoms with Gasteiger partial charge < -0.3 is 5.32 Å².